The molecule has 2 heterocycles. The van der Waals surface area contributed by atoms with Crippen molar-refractivity contribution >= 4 is 35.6 Å². The Labute approximate surface area is 281 Å². The van der Waals surface area contributed by atoms with E-state index in [1.165, 1.54) is 0 Å². The molecule has 0 spiro atoms. The summed E-state index contributed by atoms with van der Waals surface area (Å²) in [5, 5.41) is 0. The Kier molecular flexibility index (Phi) is 10.2. The molecule has 0 radical (unpaired) electrons. The summed E-state index contributed by atoms with van der Waals surface area (Å²) >= 11 is 0. The van der Waals surface area contributed by atoms with E-state index in [0.29, 0.717) is 36.2 Å². The first-order valence-electron chi connectivity index (χ1n) is 16.2. The van der Waals surface area contributed by atoms with Gasteiger partial charge in [0.25, 0.3) is 11.8 Å². The summed E-state index contributed by atoms with van der Waals surface area (Å²) in [7, 11) is 3.26. The van der Waals surface area contributed by atoms with Crippen LogP contribution in [0, 0.1) is 0 Å². The van der Waals surface area contributed by atoms with Crippen LogP contribution in [-0.4, -0.2) is 60.6 Å². The van der Waals surface area contributed by atoms with E-state index >= 15 is 0 Å². The van der Waals surface area contributed by atoms with E-state index in [0.717, 1.165) is 59.4 Å². The third kappa shape index (κ3) is 7.44. The van der Waals surface area contributed by atoms with Crippen LogP contribution in [-0.2, 0) is 9.59 Å². The number of amidine groups is 2. The highest BCUT2D eigenvalue weighted by molar-refractivity contribution is 6.20. The molecule has 8 nitrogen and oxygen atoms in total. The highest BCUT2D eigenvalue weighted by Gasteiger charge is 2.32. The molecule has 0 aromatic heterocycles. The number of benzene rings is 4. The fourth-order valence-corrected chi connectivity index (χ4v) is 5.74. The second-order valence-electron chi connectivity index (χ2n) is 11.5. The van der Waals surface area contributed by atoms with Crippen molar-refractivity contribution in [2.45, 2.75) is 25.7 Å². The van der Waals surface area contributed by atoms with Gasteiger partial charge in [-0.2, -0.15) is 0 Å². The zero-order valence-electron chi connectivity index (χ0n) is 27.2. The predicted octanol–water partition coefficient (Wildman–Crippen LogP) is 7.22. The van der Waals surface area contributed by atoms with Gasteiger partial charge in [-0.25, -0.2) is 9.98 Å². The van der Waals surface area contributed by atoms with Crippen molar-refractivity contribution in [1.82, 2.24) is 9.80 Å². The molecule has 0 unspecified atom stereocenters. The topological polar surface area (TPSA) is 83.8 Å². The normalized spacial score (nSPS) is 16.1. The molecular weight excluding hydrogens is 600 g/mol. The van der Waals surface area contributed by atoms with Gasteiger partial charge in [-0.15, -0.1) is 0 Å². The van der Waals surface area contributed by atoms with Gasteiger partial charge in [0.15, 0.2) is 0 Å². The van der Waals surface area contributed by atoms with Crippen molar-refractivity contribution < 1.29 is 19.1 Å². The zero-order valence-corrected chi connectivity index (χ0v) is 27.2. The lowest BCUT2D eigenvalue weighted by molar-refractivity contribution is -0.123. The molecule has 0 atom stereocenters. The summed E-state index contributed by atoms with van der Waals surface area (Å²) in [6, 6.07) is 34.7. The SMILES string of the molecule is COc1ccc(C2=N/C(=C\c3ccccc3)C(=O)N2CCCCCCN2C(=O)/C(=C\c3ccccc3)N=C2c2ccc(OC)cc2)cc1. The molecule has 0 saturated heterocycles. The lowest BCUT2D eigenvalue weighted by Gasteiger charge is -2.20. The van der Waals surface area contributed by atoms with Crippen LogP contribution >= 0.6 is 0 Å². The fraction of sp³-hybridized carbons (Fsp3) is 0.200. The van der Waals surface area contributed by atoms with Crippen LogP contribution in [0.4, 0.5) is 0 Å². The van der Waals surface area contributed by atoms with E-state index in [1.807, 2.05) is 121 Å². The van der Waals surface area contributed by atoms with Crippen molar-refractivity contribution in [3.63, 3.8) is 0 Å². The summed E-state index contributed by atoms with van der Waals surface area (Å²) in [4.78, 5) is 40.2. The number of hydrogen-bond donors (Lipinski definition) is 0. The molecule has 4 aromatic rings. The van der Waals surface area contributed by atoms with Crippen molar-refractivity contribution in [3.8, 4) is 11.5 Å². The molecule has 2 aliphatic heterocycles. The van der Waals surface area contributed by atoms with E-state index in [2.05, 4.69) is 0 Å². The molecule has 2 amide bonds. The number of methoxy groups -OCH3 is 2. The maximum Gasteiger partial charge on any atom is 0.278 e. The van der Waals surface area contributed by atoms with Gasteiger partial charge in [0.05, 0.1) is 14.2 Å². The Bertz CT molecular complexity index is 1720. The molecule has 0 saturated carbocycles. The third-order valence-corrected chi connectivity index (χ3v) is 8.31. The van der Waals surface area contributed by atoms with E-state index < -0.39 is 0 Å². The first kappa shape index (κ1) is 32.2. The van der Waals surface area contributed by atoms with Gasteiger partial charge < -0.3 is 9.47 Å². The Morgan fingerprint density at radius 3 is 1.25 bits per heavy atom. The summed E-state index contributed by atoms with van der Waals surface area (Å²) < 4.78 is 10.7. The van der Waals surface area contributed by atoms with Gasteiger partial charge >= 0.3 is 0 Å². The highest BCUT2D eigenvalue weighted by Crippen LogP contribution is 2.26. The number of unbranched alkanes of at least 4 members (excludes halogenated alkanes) is 3. The Hall–Kier alpha value is -5.76. The molecule has 2 aliphatic rings. The van der Waals surface area contributed by atoms with Gasteiger partial charge in [0.1, 0.15) is 34.6 Å². The second-order valence-corrected chi connectivity index (χ2v) is 11.5. The van der Waals surface area contributed by atoms with Crippen molar-refractivity contribution in [2.24, 2.45) is 9.98 Å². The molecule has 0 N–H and O–H groups in total. The lowest BCUT2D eigenvalue weighted by Crippen LogP contribution is -2.34. The summed E-state index contributed by atoms with van der Waals surface area (Å²) in [6.07, 6.45) is 7.04. The van der Waals surface area contributed by atoms with Crippen LogP contribution in [0.3, 0.4) is 0 Å². The van der Waals surface area contributed by atoms with Gasteiger partial charge in [-0.05, 0) is 84.7 Å². The van der Waals surface area contributed by atoms with Crippen LogP contribution in [0.5, 0.6) is 11.5 Å². The summed E-state index contributed by atoms with van der Waals surface area (Å²) in [6.45, 7) is 1.09. The van der Waals surface area contributed by atoms with Crippen molar-refractivity contribution in [3.05, 3.63) is 143 Å². The monoisotopic (exact) mass is 638 g/mol. The molecule has 8 heteroatoms. The first-order chi connectivity index (χ1) is 23.5. The van der Waals surface area contributed by atoms with Crippen LogP contribution < -0.4 is 9.47 Å². The van der Waals surface area contributed by atoms with Crippen LogP contribution in [0.15, 0.2) is 131 Å². The fourth-order valence-electron chi connectivity index (χ4n) is 5.74. The van der Waals surface area contributed by atoms with E-state index in [1.54, 1.807) is 24.0 Å². The average molecular weight is 639 g/mol. The van der Waals surface area contributed by atoms with Gasteiger partial charge in [0, 0.05) is 24.2 Å². The Morgan fingerprint density at radius 2 is 0.896 bits per heavy atom. The van der Waals surface area contributed by atoms with Crippen LogP contribution in [0.2, 0.25) is 0 Å². The van der Waals surface area contributed by atoms with Gasteiger partial charge in [0.2, 0.25) is 0 Å². The Balaban J connectivity index is 1.10. The summed E-state index contributed by atoms with van der Waals surface area (Å²) in [5.74, 6) is 2.57. The maximum atomic E-state index is 13.6. The van der Waals surface area contributed by atoms with Gasteiger partial charge in [-0.1, -0.05) is 73.5 Å². The number of hydrogen-bond acceptors (Lipinski definition) is 6. The third-order valence-electron chi connectivity index (χ3n) is 8.31. The number of rotatable bonds is 13. The second kappa shape index (κ2) is 15.2. The van der Waals surface area contributed by atoms with Crippen molar-refractivity contribution in [2.75, 3.05) is 27.3 Å². The molecular formula is C40H38N4O4. The highest BCUT2D eigenvalue weighted by atomic mass is 16.5. The molecule has 4 aromatic carbocycles. The van der Waals surface area contributed by atoms with Gasteiger partial charge in [-0.3, -0.25) is 19.4 Å². The number of ether oxygens (including phenoxy) is 2. The number of carbonyl (C=O) groups is 2. The van der Waals surface area contributed by atoms with Crippen LogP contribution in [0.25, 0.3) is 12.2 Å². The van der Waals surface area contributed by atoms with Crippen molar-refractivity contribution in [1.29, 1.82) is 0 Å². The first-order valence-corrected chi connectivity index (χ1v) is 16.2. The standard InChI is InChI=1S/C40H38N4O4/c1-47-33-21-17-31(18-22-33)37-41-35(27-29-13-7-5-8-14-29)39(45)43(37)25-11-3-4-12-26-44-38(32-19-23-34(48-2)24-20-32)42-36(40(44)46)28-30-15-9-6-10-16-30/h5-10,13-24,27-28H,3-4,11-12,25-26H2,1-2H3/b35-27-,36-28+. The zero-order chi connectivity index (χ0) is 33.3. The average Bonchev–Trinajstić information content (AvgIpc) is 3.61. The minimum Gasteiger partial charge on any atom is -0.497 e. The molecule has 0 aliphatic carbocycles. The predicted molar refractivity (Wildman–Crippen MR) is 190 cm³/mol. The minimum absolute atomic E-state index is 0.106. The van der Waals surface area contributed by atoms with E-state index in [4.69, 9.17) is 19.5 Å². The summed E-state index contributed by atoms with van der Waals surface area (Å²) in [5.41, 5.74) is 4.41. The molecule has 6 rings (SSSR count). The lowest BCUT2D eigenvalue weighted by atomic mass is 10.1. The molecule has 0 bridgehead atoms. The number of aliphatic imine (C=N–C) groups is 2. The largest absolute Gasteiger partial charge is 0.497 e. The quantitative estimate of drug-likeness (QED) is 0.114. The number of nitrogens with zero attached hydrogens (tertiary/aromatic N) is 4. The minimum atomic E-state index is -0.106. The molecule has 48 heavy (non-hydrogen) atoms. The molecule has 0 fully saturated rings. The van der Waals surface area contributed by atoms with E-state index in [-0.39, 0.29) is 11.8 Å². The van der Waals surface area contributed by atoms with E-state index in [9.17, 15) is 9.59 Å². The molecule has 242 valence electrons. The Morgan fingerprint density at radius 1 is 0.521 bits per heavy atom. The smallest absolute Gasteiger partial charge is 0.278 e. The van der Waals surface area contributed by atoms with Crippen LogP contribution in [0.1, 0.15) is 47.9 Å². The number of carbonyl (C=O) groups excluding carboxylic acids is 2. The number of amides is 2. The maximum absolute atomic E-state index is 13.6.